The van der Waals surface area contributed by atoms with Crippen LogP contribution in [0.1, 0.15) is 81.8 Å². The van der Waals surface area contributed by atoms with Crippen molar-refractivity contribution in [3.8, 4) is 0 Å². The van der Waals surface area contributed by atoms with Crippen molar-refractivity contribution in [2.75, 3.05) is 6.61 Å². The van der Waals surface area contributed by atoms with Gasteiger partial charge in [0.15, 0.2) is 11.3 Å². The largest absolute Gasteiger partial charge is 0.477 e. The van der Waals surface area contributed by atoms with E-state index >= 15 is 0 Å². The van der Waals surface area contributed by atoms with Crippen LogP contribution in [0.5, 0.6) is 0 Å². The number of carboxylic acid groups (broad SMARTS) is 1. The van der Waals surface area contributed by atoms with Gasteiger partial charge in [-0.05, 0) is 51.9 Å². The summed E-state index contributed by atoms with van der Waals surface area (Å²) < 4.78 is 6.63. The number of esters is 1. The monoisotopic (exact) mass is 446 g/mol. The number of rotatable bonds is 11. The number of fused-ring (bicyclic) bond motifs is 1. The smallest absolute Gasteiger partial charge is 0.354 e. The molecule has 0 radical (unpaired) electrons. The summed E-state index contributed by atoms with van der Waals surface area (Å²) in [6, 6.07) is 2.55. The highest BCUT2D eigenvalue weighted by atomic mass is 16.5. The Hall–Kier alpha value is -2.97. The van der Waals surface area contributed by atoms with Gasteiger partial charge < -0.3 is 15.2 Å². The van der Waals surface area contributed by atoms with Gasteiger partial charge >= 0.3 is 11.9 Å². The van der Waals surface area contributed by atoms with E-state index in [0.29, 0.717) is 18.9 Å². The summed E-state index contributed by atoms with van der Waals surface area (Å²) in [6.07, 6.45) is 3.55. The Bertz CT molecular complexity index is 970. The molecular formula is C23H34N4O5. The van der Waals surface area contributed by atoms with E-state index in [9.17, 15) is 19.5 Å². The SMILES string of the molecule is CCOC(=O)C(C)(CCC(C)C(C)NC(=O)c1cc(C(=O)O)nc2ccnn12)CC(C)C. The van der Waals surface area contributed by atoms with Gasteiger partial charge in [0.05, 0.1) is 18.2 Å². The van der Waals surface area contributed by atoms with Gasteiger partial charge in [0.2, 0.25) is 0 Å². The van der Waals surface area contributed by atoms with Gasteiger partial charge in [-0.25, -0.2) is 14.3 Å². The predicted octanol–water partition coefficient (Wildman–Crippen LogP) is 3.58. The Kier molecular flexibility index (Phi) is 8.35. The fourth-order valence-electron chi connectivity index (χ4n) is 3.90. The van der Waals surface area contributed by atoms with E-state index in [4.69, 9.17) is 4.74 Å². The summed E-state index contributed by atoms with van der Waals surface area (Å²) in [7, 11) is 0. The van der Waals surface area contributed by atoms with E-state index < -0.39 is 17.3 Å². The molecule has 2 aromatic heterocycles. The van der Waals surface area contributed by atoms with E-state index in [0.717, 1.165) is 12.8 Å². The Morgan fingerprint density at radius 1 is 1.25 bits per heavy atom. The van der Waals surface area contributed by atoms with Crippen molar-refractivity contribution < 1.29 is 24.2 Å². The number of nitrogens with zero attached hydrogens (tertiary/aromatic N) is 3. The van der Waals surface area contributed by atoms with Crippen LogP contribution >= 0.6 is 0 Å². The lowest BCUT2D eigenvalue weighted by atomic mass is 9.76. The molecule has 2 aromatic rings. The topological polar surface area (TPSA) is 123 Å². The first-order valence-corrected chi connectivity index (χ1v) is 11.0. The Morgan fingerprint density at radius 3 is 2.53 bits per heavy atom. The van der Waals surface area contributed by atoms with Crippen LogP contribution in [0, 0.1) is 17.3 Å². The van der Waals surface area contributed by atoms with Crippen LogP contribution < -0.4 is 5.32 Å². The molecular weight excluding hydrogens is 412 g/mol. The van der Waals surface area contributed by atoms with Crippen LogP contribution in [0.2, 0.25) is 0 Å². The van der Waals surface area contributed by atoms with E-state index in [2.05, 4.69) is 29.2 Å². The molecule has 0 fully saturated rings. The molecule has 3 unspecified atom stereocenters. The maximum Gasteiger partial charge on any atom is 0.354 e. The van der Waals surface area contributed by atoms with Gasteiger partial charge in [0, 0.05) is 18.2 Å². The van der Waals surface area contributed by atoms with Crippen molar-refractivity contribution >= 4 is 23.5 Å². The van der Waals surface area contributed by atoms with Crippen molar-refractivity contribution in [3.63, 3.8) is 0 Å². The average Bonchev–Trinajstić information content (AvgIpc) is 3.19. The highest BCUT2D eigenvalue weighted by Crippen LogP contribution is 2.34. The molecule has 0 aliphatic rings. The first-order valence-electron chi connectivity index (χ1n) is 11.0. The maximum atomic E-state index is 12.9. The molecule has 0 aromatic carbocycles. The van der Waals surface area contributed by atoms with E-state index in [1.807, 2.05) is 20.8 Å². The van der Waals surface area contributed by atoms with E-state index in [-0.39, 0.29) is 35.0 Å². The van der Waals surface area contributed by atoms with Crippen LogP contribution in [-0.4, -0.2) is 50.2 Å². The molecule has 0 aliphatic heterocycles. The summed E-state index contributed by atoms with van der Waals surface area (Å²) in [5.74, 6) is -1.40. The molecule has 0 spiro atoms. The van der Waals surface area contributed by atoms with E-state index in [1.165, 1.54) is 16.8 Å². The molecule has 9 heteroatoms. The number of carbonyl (C=O) groups is 3. The molecule has 176 valence electrons. The third kappa shape index (κ3) is 6.05. The molecule has 2 rings (SSSR count). The minimum atomic E-state index is -1.22. The van der Waals surface area contributed by atoms with Crippen LogP contribution in [0.3, 0.4) is 0 Å². The molecule has 9 nitrogen and oxygen atoms in total. The minimum Gasteiger partial charge on any atom is -0.477 e. The highest BCUT2D eigenvalue weighted by Gasteiger charge is 2.36. The van der Waals surface area contributed by atoms with E-state index in [1.54, 1.807) is 13.0 Å². The highest BCUT2D eigenvalue weighted by molar-refractivity contribution is 5.96. The van der Waals surface area contributed by atoms with Gasteiger partial charge in [-0.1, -0.05) is 20.8 Å². The molecule has 1 amide bonds. The number of amides is 1. The predicted molar refractivity (Wildman–Crippen MR) is 119 cm³/mol. The second kappa shape index (κ2) is 10.6. The minimum absolute atomic E-state index is 0.0776. The number of aromatic carboxylic acids is 1. The van der Waals surface area contributed by atoms with Crippen LogP contribution in [-0.2, 0) is 9.53 Å². The maximum absolute atomic E-state index is 12.9. The first kappa shape index (κ1) is 25.3. The third-order valence-corrected chi connectivity index (χ3v) is 5.80. The van der Waals surface area contributed by atoms with Crippen LogP contribution in [0.4, 0.5) is 0 Å². The van der Waals surface area contributed by atoms with Crippen molar-refractivity contribution in [2.24, 2.45) is 17.3 Å². The summed E-state index contributed by atoms with van der Waals surface area (Å²) >= 11 is 0. The first-order chi connectivity index (χ1) is 15.0. The molecule has 0 saturated carbocycles. The fourth-order valence-corrected chi connectivity index (χ4v) is 3.90. The lowest BCUT2D eigenvalue weighted by Gasteiger charge is -2.31. The van der Waals surface area contributed by atoms with Crippen molar-refractivity contribution in [2.45, 2.75) is 66.8 Å². The standard InChI is InChI=1S/C23H34N4O5/c1-7-32-22(31)23(6,13-14(2)3)10-8-15(4)16(5)25-20(28)18-12-17(21(29)30)26-19-9-11-24-27(18)19/h9,11-12,14-16H,7-8,10,13H2,1-6H3,(H,25,28)(H,29,30). The third-order valence-electron chi connectivity index (χ3n) is 5.80. The zero-order valence-corrected chi connectivity index (χ0v) is 19.7. The van der Waals surface area contributed by atoms with Gasteiger partial charge in [-0.3, -0.25) is 9.59 Å². The number of ether oxygens (including phenoxy) is 1. The molecule has 2 N–H and O–H groups in total. The average molecular weight is 447 g/mol. The summed E-state index contributed by atoms with van der Waals surface area (Å²) in [5.41, 5.74) is -0.407. The molecule has 32 heavy (non-hydrogen) atoms. The second-order valence-corrected chi connectivity index (χ2v) is 9.09. The van der Waals surface area contributed by atoms with Gasteiger partial charge in [-0.15, -0.1) is 0 Å². The quantitative estimate of drug-likeness (QED) is 0.506. The van der Waals surface area contributed by atoms with Crippen LogP contribution in [0.15, 0.2) is 18.3 Å². The summed E-state index contributed by atoms with van der Waals surface area (Å²) in [5, 5.41) is 16.3. The Morgan fingerprint density at radius 2 is 1.94 bits per heavy atom. The summed E-state index contributed by atoms with van der Waals surface area (Å²) in [4.78, 5) is 40.8. The number of hydrogen-bond donors (Lipinski definition) is 2. The Labute approximate surface area is 188 Å². The van der Waals surface area contributed by atoms with Gasteiger partial charge in [-0.2, -0.15) is 5.10 Å². The van der Waals surface area contributed by atoms with Crippen molar-refractivity contribution in [1.82, 2.24) is 19.9 Å². The Balaban J connectivity index is 2.10. The summed E-state index contributed by atoms with van der Waals surface area (Å²) in [6.45, 7) is 12.2. The molecule has 0 saturated heterocycles. The van der Waals surface area contributed by atoms with Crippen molar-refractivity contribution in [1.29, 1.82) is 0 Å². The molecule has 0 bridgehead atoms. The number of carboxylic acids is 1. The molecule has 2 heterocycles. The number of aromatic nitrogens is 3. The van der Waals surface area contributed by atoms with Crippen LogP contribution in [0.25, 0.3) is 5.65 Å². The van der Waals surface area contributed by atoms with Gasteiger partial charge in [0.1, 0.15) is 5.69 Å². The van der Waals surface area contributed by atoms with Gasteiger partial charge in [0.25, 0.3) is 5.91 Å². The lowest BCUT2D eigenvalue weighted by Crippen LogP contribution is -2.39. The normalized spacial score (nSPS) is 15.2. The zero-order chi connectivity index (χ0) is 24.1. The number of nitrogens with one attached hydrogen (secondary N) is 1. The fraction of sp³-hybridized carbons (Fsp3) is 0.609. The molecule has 3 atom stereocenters. The number of carbonyl (C=O) groups excluding carboxylic acids is 2. The zero-order valence-electron chi connectivity index (χ0n) is 19.7. The van der Waals surface area contributed by atoms with Crippen molar-refractivity contribution in [3.05, 3.63) is 29.7 Å². The number of hydrogen-bond acceptors (Lipinski definition) is 6. The molecule has 0 aliphatic carbocycles. The second-order valence-electron chi connectivity index (χ2n) is 9.09. The lowest BCUT2D eigenvalue weighted by molar-refractivity contribution is -0.156.